The van der Waals surface area contributed by atoms with Crippen LogP contribution in [-0.4, -0.2) is 59.7 Å². The molecule has 2 saturated heterocycles. The topological polar surface area (TPSA) is 97.5 Å². The van der Waals surface area contributed by atoms with Gasteiger partial charge in [-0.05, 0) is 18.4 Å². The van der Waals surface area contributed by atoms with Crippen LogP contribution < -0.4 is 0 Å². The number of nitrogens with zero attached hydrogens (tertiary/aromatic N) is 4. The van der Waals surface area contributed by atoms with Crippen LogP contribution in [0.2, 0.25) is 0 Å². The van der Waals surface area contributed by atoms with Gasteiger partial charge in [0.05, 0.1) is 6.61 Å². The van der Waals surface area contributed by atoms with Crippen LogP contribution in [0, 0.1) is 16.0 Å². The van der Waals surface area contributed by atoms with E-state index in [1.54, 1.807) is 4.90 Å². The van der Waals surface area contributed by atoms with Crippen molar-refractivity contribution in [2.45, 2.75) is 19.4 Å². The highest BCUT2D eigenvalue weighted by atomic mass is 16.7. The summed E-state index contributed by atoms with van der Waals surface area (Å²) in [7, 11) is 0. The number of hydrazone groups is 1. The molecule has 0 aromatic heterocycles. The molecule has 0 aliphatic carbocycles. The monoisotopic (exact) mass is 362 g/mol. The number of hydrogen-bond donors (Lipinski definition) is 0. The fourth-order valence-electron chi connectivity index (χ4n) is 3.16. The van der Waals surface area contributed by atoms with Gasteiger partial charge in [0.15, 0.2) is 5.03 Å². The summed E-state index contributed by atoms with van der Waals surface area (Å²) in [4.78, 5) is 26.5. The van der Waals surface area contributed by atoms with Crippen LogP contribution in [0.1, 0.15) is 18.4 Å². The molecule has 9 heteroatoms. The number of amides is 1. The molecule has 0 spiro atoms. The average Bonchev–Trinajstić information content (AvgIpc) is 3.15. The van der Waals surface area contributed by atoms with Crippen molar-refractivity contribution in [3.05, 3.63) is 46.0 Å². The first kappa shape index (κ1) is 18.1. The molecule has 0 radical (unpaired) electrons. The number of hydrogen-bond acceptors (Lipinski definition) is 5. The second-order valence-corrected chi connectivity index (χ2v) is 6.36. The average molecular weight is 362 g/mol. The Hall–Kier alpha value is -2.68. The first-order chi connectivity index (χ1) is 12.6. The van der Waals surface area contributed by atoms with Crippen molar-refractivity contribution in [2.75, 3.05) is 32.8 Å². The van der Waals surface area contributed by atoms with E-state index in [0.29, 0.717) is 39.3 Å². The molecule has 1 atom stereocenters. The molecule has 0 N–H and O–H groups in total. The summed E-state index contributed by atoms with van der Waals surface area (Å²) >= 11 is 0. The summed E-state index contributed by atoms with van der Waals surface area (Å²) in [5.74, 6) is 0.332. The summed E-state index contributed by atoms with van der Waals surface area (Å²) in [6.45, 7) is 2.97. The van der Waals surface area contributed by atoms with E-state index in [1.165, 1.54) is 4.90 Å². The van der Waals surface area contributed by atoms with E-state index in [1.807, 2.05) is 30.3 Å². The van der Waals surface area contributed by atoms with Crippen molar-refractivity contribution in [3.8, 4) is 0 Å². The van der Waals surface area contributed by atoms with Crippen LogP contribution in [0.3, 0.4) is 0 Å². The lowest BCUT2D eigenvalue weighted by atomic mass is 10.1. The zero-order valence-corrected chi connectivity index (χ0v) is 14.5. The highest BCUT2D eigenvalue weighted by Gasteiger charge is 2.34. The van der Waals surface area contributed by atoms with Gasteiger partial charge in [-0.25, -0.2) is 19.8 Å². The van der Waals surface area contributed by atoms with Crippen molar-refractivity contribution in [3.63, 3.8) is 0 Å². The van der Waals surface area contributed by atoms with E-state index >= 15 is 0 Å². The zero-order valence-electron chi connectivity index (χ0n) is 14.5. The summed E-state index contributed by atoms with van der Waals surface area (Å²) in [5.41, 5.74) is 0.852. The molecule has 2 heterocycles. The van der Waals surface area contributed by atoms with Crippen molar-refractivity contribution < 1.29 is 19.3 Å². The van der Waals surface area contributed by atoms with Crippen molar-refractivity contribution in [2.24, 2.45) is 11.0 Å². The number of ether oxygens (including phenoxy) is 2. The number of carbonyl (C=O) groups excluding carboxylic acids is 1. The predicted molar refractivity (Wildman–Crippen MR) is 92.9 cm³/mol. The van der Waals surface area contributed by atoms with Gasteiger partial charge in [0.2, 0.25) is 0 Å². The Bertz CT molecular complexity index is 660. The van der Waals surface area contributed by atoms with Gasteiger partial charge < -0.3 is 14.4 Å². The van der Waals surface area contributed by atoms with E-state index < -0.39 is 11.1 Å². The molecule has 1 unspecified atom stereocenters. The molecule has 9 nitrogen and oxygen atoms in total. The summed E-state index contributed by atoms with van der Waals surface area (Å²) in [6, 6.07) is 9.29. The maximum atomic E-state index is 12.5. The van der Waals surface area contributed by atoms with E-state index in [4.69, 9.17) is 9.47 Å². The highest BCUT2D eigenvalue weighted by molar-refractivity contribution is 5.94. The van der Waals surface area contributed by atoms with Gasteiger partial charge in [-0.2, -0.15) is 0 Å². The standard InChI is InChI=1S/C17H22N4O5/c22-17(26-13-14-5-2-1-3-6-14)20-9-4-8-19(16(20)18-21(23)24)11-15-7-10-25-12-15/h1-3,5-6,15H,4,7-13H2. The highest BCUT2D eigenvalue weighted by Crippen LogP contribution is 2.19. The van der Waals surface area contributed by atoms with E-state index in [9.17, 15) is 14.9 Å². The Morgan fingerprint density at radius 3 is 2.85 bits per heavy atom. The fraction of sp³-hybridized carbons (Fsp3) is 0.529. The Kier molecular flexibility index (Phi) is 6.00. The van der Waals surface area contributed by atoms with Gasteiger partial charge in [0, 0.05) is 32.2 Å². The smallest absolute Gasteiger partial charge is 0.417 e. The van der Waals surface area contributed by atoms with Crippen LogP contribution in [0.4, 0.5) is 4.79 Å². The molecule has 2 fully saturated rings. The van der Waals surface area contributed by atoms with E-state index in [-0.39, 0.29) is 18.5 Å². The van der Waals surface area contributed by atoms with Crippen LogP contribution >= 0.6 is 0 Å². The quantitative estimate of drug-likeness (QED) is 0.586. The summed E-state index contributed by atoms with van der Waals surface area (Å²) in [6.07, 6.45) is 0.979. The number of rotatable bonds is 5. The first-order valence-electron chi connectivity index (χ1n) is 8.67. The Labute approximate surface area is 151 Å². The second-order valence-electron chi connectivity index (χ2n) is 6.36. The predicted octanol–water partition coefficient (Wildman–Crippen LogP) is 1.92. The second kappa shape index (κ2) is 8.61. The molecule has 1 amide bonds. The van der Waals surface area contributed by atoms with Crippen LogP contribution in [0.5, 0.6) is 0 Å². The van der Waals surface area contributed by atoms with Gasteiger partial charge in [-0.15, -0.1) is 0 Å². The lowest BCUT2D eigenvalue weighted by molar-refractivity contribution is -0.486. The molecule has 140 valence electrons. The Morgan fingerprint density at radius 2 is 2.15 bits per heavy atom. The van der Waals surface area contributed by atoms with Gasteiger partial charge in [-0.1, -0.05) is 30.3 Å². The van der Waals surface area contributed by atoms with Gasteiger partial charge in [0.25, 0.3) is 5.96 Å². The third kappa shape index (κ3) is 4.69. The number of benzene rings is 1. The van der Waals surface area contributed by atoms with Gasteiger partial charge in [0.1, 0.15) is 11.7 Å². The normalized spacial score (nSPS) is 21.8. The minimum absolute atomic E-state index is 0.0474. The summed E-state index contributed by atoms with van der Waals surface area (Å²) < 4.78 is 10.7. The first-order valence-corrected chi connectivity index (χ1v) is 8.67. The molecule has 3 rings (SSSR count). The van der Waals surface area contributed by atoms with Crippen molar-refractivity contribution >= 4 is 12.1 Å². The molecular formula is C17H22N4O5. The molecule has 2 aliphatic heterocycles. The van der Waals surface area contributed by atoms with E-state index in [2.05, 4.69) is 5.10 Å². The fourth-order valence-corrected chi connectivity index (χ4v) is 3.16. The van der Waals surface area contributed by atoms with Crippen LogP contribution in [0.25, 0.3) is 0 Å². The van der Waals surface area contributed by atoms with E-state index in [0.717, 1.165) is 12.0 Å². The lowest BCUT2D eigenvalue weighted by Crippen LogP contribution is -2.54. The number of guanidine groups is 1. The molecule has 1 aromatic carbocycles. The van der Waals surface area contributed by atoms with Gasteiger partial charge in [-0.3, -0.25) is 0 Å². The van der Waals surface area contributed by atoms with Crippen molar-refractivity contribution in [1.29, 1.82) is 0 Å². The zero-order chi connectivity index (χ0) is 18.4. The SMILES string of the molecule is O=C(OCc1ccccc1)N1CCCN(CC2CCOC2)C1=N[N+](=O)[O-]. The Balaban J connectivity index is 1.68. The molecule has 0 bridgehead atoms. The molecule has 0 saturated carbocycles. The minimum atomic E-state index is -0.768. The largest absolute Gasteiger partial charge is 0.444 e. The number of carbonyl (C=O) groups is 1. The molecule has 2 aliphatic rings. The maximum Gasteiger partial charge on any atom is 0.417 e. The third-order valence-corrected chi connectivity index (χ3v) is 4.43. The Morgan fingerprint density at radius 1 is 1.35 bits per heavy atom. The van der Waals surface area contributed by atoms with Crippen molar-refractivity contribution in [1.82, 2.24) is 9.80 Å². The molecular weight excluding hydrogens is 340 g/mol. The lowest BCUT2D eigenvalue weighted by Gasteiger charge is -2.36. The van der Waals surface area contributed by atoms with Crippen LogP contribution in [-0.2, 0) is 16.1 Å². The molecule has 1 aromatic rings. The van der Waals surface area contributed by atoms with Crippen LogP contribution in [0.15, 0.2) is 35.4 Å². The third-order valence-electron chi connectivity index (χ3n) is 4.43. The maximum absolute atomic E-state index is 12.5. The minimum Gasteiger partial charge on any atom is -0.444 e. The van der Waals surface area contributed by atoms with Gasteiger partial charge >= 0.3 is 6.09 Å². The summed E-state index contributed by atoms with van der Waals surface area (Å²) in [5, 5.41) is 13.7. The molecule has 26 heavy (non-hydrogen) atoms. The number of nitro groups is 1.